The maximum Gasteiger partial charge on any atom is 0.137 e. The van der Waals surface area contributed by atoms with Crippen LogP contribution in [-0.2, 0) is 6.54 Å². The lowest BCUT2D eigenvalue weighted by Gasteiger charge is -2.39. The summed E-state index contributed by atoms with van der Waals surface area (Å²) < 4.78 is 6.93. The van der Waals surface area contributed by atoms with Crippen LogP contribution in [0.2, 0.25) is 10.0 Å². The summed E-state index contributed by atoms with van der Waals surface area (Å²) in [5.41, 5.74) is 4.56. The highest BCUT2D eigenvalue weighted by Crippen LogP contribution is 2.29. The summed E-state index contributed by atoms with van der Waals surface area (Å²) in [7, 11) is 0. The molecule has 1 aliphatic rings. The van der Waals surface area contributed by atoms with E-state index in [9.17, 15) is 5.11 Å². The fraction of sp³-hybridized carbons (Fsp3) is 0.520. The van der Waals surface area contributed by atoms with Crippen molar-refractivity contribution in [2.75, 3.05) is 26.2 Å². The Kier molecular flexibility index (Phi) is 8.09. The molecular formula is C25H34Cl2NO2+. The summed E-state index contributed by atoms with van der Waals surface area (Å²) in [5.74, 6) is 0.891. The SMILES string of the molecule is Cc1cc(C)c(OCC(O)C[N+]2(Cc3ccc(Cl)cc3Cl)CCCCCC2)c(C)c1. The van der Waals surface area contributed by atoms with Crippen LogP contribution in [0, 0.1) is 20.8 Å². The second kappa shape index (κ2) is 10.4. The van der Waals surface area contributed by atoms with Crippen molar-refractivity contribution in [1.29, 1.82) is 0 Å². The number of quaternary nitrogens is 1. The molecule has 1 atom stereocenters. The van der Waals surface area contributed by atoms with Gasteiger partial charge in [0.15, 0.2) is 0 Å². The second-order valence-corrected chi connectivity index (χ2v) is 9.82. The fourth-order valence-corrected chi connectivity index (χ4v) is 5.32. The van der Waals surface area contributed by atoms with E-state index in [0.717, 1.165) is 46.6 Å². The maximum absolute atomic E-state index is 11.0. The minimum Gasteiger partial charge on any atom is -0.490 e. The first-order valence-corrected chi connectivity index (χ1v) is 11.7. The molecule has 2 aromatic rings. The Balaban J connectivity index is 1.73. The van der Waals surface area contributed by atoms with Crippen LogP contribution >= 0.6 is 23.2 Å². The van der Waals surface area contributed by atoms with Gasteiger partial charge in [-0.15, -0.1) is 0 Å². The molecule has 0 bridgehead atoms. The molecule has 0 radical (unpaired) electrons. The average molecular weight is 451 g/mol. The molecule has 1 heterocycles. The highest BCUT2D eigenvalue weighted by Gasteiger charge is 2.32. The van der Waals surface area contributed by atoms with Crippen molar-refractivity contribution in [2.24, 2.45) is 0 Å². The normalized spacial score (nSPS) is 17.4. The molecular weight excluding hydrogens is 417 g/mol. The fourth-order valence-electron chi connectivity index (χ4n) is 4.85. The molecule has 1 N–H and O–H groups in total. The summed E-state index contributed by atoms with van der Waals surface area (Å²) in [6, 6.07) is 9.99. The van der Waals surface area contributed by atoms with Gasteiger partial charge in [0.25, 0.3) is 0 Å². The van der Waals surface area contributed by atoms with Gasteiger partial charge in [-0.25, -0.2) is 0 Å². The van der Waals surface area contributed by atoms with Crippen LogP contribution in [0.25, 0.3) is 0 Å². The second-order valence-electron chi connectivity index (χ2n) is 8.97. The molecule has 5 heteroatoms. The lowest BCUT2D eigenvalue weighted by Crippen LogP contribution is -2.53. The van der Waals surface area contributed by atoms with Crippen LogP contribution in [0.1, 0.15) is 47.9 Å². The van der Waals surface area contributed by atoms with Crippen LogP contribution in [0.4, 0.5) is 0 Å². The maximum atomic E-state index is 11.0. The summed E-state index contributed by atoms with van der Waals surface area (Å²) in [5, 5.41) is 12.3. The number of aryl methyl sites for hydroxylation is 3. The molecule has 1 fully saturated rings. The minimum atomic E-state index is -0.533. The van der Waals surface area contributed by atoms with Crippen LogP contribution in [0.15, 0.2) is 30.3 Å². The van der Waals surface area contributed by atoms with Crippen molar-refractivity contribution in [3.63, 3.8) is 0 Å². The number of halogens is 2. The van der Waals surface area contributed by atoms with E-state index in [0.29, 0.717) is 23.2 Å². The standard InChI is InChI=1S/C25H34Cl2NO2/c1-18-12-19(2)25(20(3)13-18)30-17-23(29)16-28(10-6-4-5-7-11-28)15-21-8-9-22(26)14-24(21)27/h8-9,12-14,23,29H,4-7,10-11,15-17H2,1-3H3/q+1. The van der Waals surface area contributed by atoms with Crippen LogP contribution in [0.3, 0.4) is 0 Å². The van der Waals surface area contributed by atoms with Crippen molar-refractivity contribution >= 4 is 23.2 Å². The lowest BCUT2D eigenvalue weighted by molar-refractivity contribution is -0.942. The van der Waals surface area contributed by atoms with Crippen LogP contribution in [0.5, 0.6) is 5.75 Å². The molecule has 3 rings (SSSR count). The van der Waals surface area contributed by atoms with Crippen molar-refractivity contribution in [3.8, 4) is 5.75 Å². The van der Waals surface area contributed by atoms with Crippen molar-refractivity contribution in [1.82, 2.24) is 0 Å². The number of aliphatic hydroxyl groups excluding tert-OH is 1. The zero-order chi connectivity index (χ0) is 21.7. The number of hydrogen-bond donors (Lipinski definition) is 1. The smallest absolute Gasteiger partial charge is 0.137 e. The Hall–Kier alpha value is -1.26. The third-order valence-electron chi connectivity index (χ3n) is 6.16. The van der Waals surface area contributed by atoms with Crippen LogP contribution in [-0.4, -0.2) is 41.9 Å². The van der Waals surface area contributed by atoms with Gasteiger partial charge in [0, 0.05) is 10.6 Å². The van der Waals surface area contributed by atoms with E-state index in [4.69, 9.17) is 27.9 Å². The predicted octanol–water partition coefficient (Wildman–Crippen LogP) is 6.25. The Morgan fingerprint density at radius 2 is 1.60 bits per heavy atom. The van der Waals surface area contributed by atoms with E-state index in [1.54, 1.807) is 0 Å². The van der Waals surface area contributed by atoms with E-state index in [1.165, 1.54) is 31.2 Å². The first kappa shape index (κ1) is 23.4. The molecule has 1 unspecified atom stereocenters. The predicted molar refractivity (Wildman–Crippen MR) is 126 cm³/mol. The van der Waals surface area contributed by atoms with E-state index >= 15 is 0 Å². The molecule has 0 saturated carbocycles. The highest BCUT2D eigenvalue weighted by molar-refractivity contribution is 6.35. The number of likely N-dealkylation sites (tertiary alicyclic amines) is 1. The molecule has 164 valence electrons. The van der Waals surface area contributed by atoms with E-state index in [1.807, 2.05) is 18.2 Å². The number of aliphatic hydroxyl groups is 1. The van der Waals surface area contributed by atoms with Gasteiger partial charge >= 0.3 is 0 Å². The van der Waals surface area contributed by atoms with Crippen molar-refractivity contribution < 1.29 is 14.3 Å². The highest BCUT2D eigenvalue weighted by atomic mass is 35.5. The minimum absolute atomic E-state index is 0.305. The molecule has 1 saturated heterocycles. The van der Waals surface area contributed by atoms with Gasteiger partial charge in [0.05, 0.1) is 18.1 Å². The number of nitrogens with zero attached hydrogens (tertiary/aromatic N) is 1. The Labute approximate surface area is 191 Å². The van der Waals surface area contributed by atoms with Crippen molar-refractivity contribution in [2.45, 2.75) is 59.1 Å². The summed E-state index contributed by atoms with van der Waals surface area (Å²) in [6.45, 7) is 10.1. The largest absolute Gasteiger partial charge is 0.490 e. The quantitative estimate of drug-likeness (QED) is 0.505. The number of benzene rings is 2. The van der Waals surface area contributed by atoms with Gasteiger partial charge in [-0.2, -0.15) is 0 Å². The van der Waals surface area contributed by atoms with Crippen molar-refractivity contribution in [3.05, 3.63) is 62.6 Å². The van der Waals surface area contributed by atoms with Gasteiger partial charge < -0.3 is 14.3 Å². The number of ether oxygens (including phenoxy) is 1. The zero-order valence-corrected chi connectivity index (χ0v) is 19.9. The third-order valence-corrected chi connectivity index (χ3v) is 6.75. The zero-order valence-electron chi connectivity index (χ0n) is 18.4. The van der Waals surface area contributed by atoms with Crippen LogP contribution < -0.4 is 4.74 Å². The third kappa shape index (κ3) is 6.13. The monoisotopic (exact) mass is 450 g/mol. The van der Waals surface area contributed by atoms with Gasteiger partial charge in [-0.05, 0) is 69.7 Å². The first-order chi connectivity index (χ1) is 14.3. The summed E-state index contributed by atoms with van der Waals surface area (Å²) >= 11 is 12.6. The van der Waals surface area contributed by atoms with Gasteiger partial charge in [0.1, 0.15) is 31.5 Å². The average Bonchev–Trinajstić information content (AvgIpc) is 2.89. The molecule has 2 aromatic carbocycles. The molecule has 3 nitrogen and oxygen atoms in total. The number of rotatable bonds is 7. The Morgan fingerprint density at radius 3 is 2.20 bits per heavy atom. The topological polar surface area (TPSA) is 29.5 Å². The summed E-state index contributed by atoms with van der Waals surface area (Å²) in [4.78, 5) is 0. The van der Waals surface area contributed by atoms with Gasteiger partial charge in [-0.1, -0.05) is 47.0 Å². The number of hydrogen-bond acceptors (Lipinski definition) is 2. The Bertz CT molecular complexity index is 837. The molecule has 0 aromatic heterocycles. The Morgan fingerprint density at radius 1 is 0.967 bits per heavy atom. The molecule has 30 heavy (non-hydrogen) atoms. The molecule has 1 aliphatic heterocycles. The molecule has 0 aliphatic carbocycles. The molecule has 0 spiro atoms. The first-order valence-electron chi connectivity index (χ1n) is 11.0. The van der Waals surface area contributed by atoms with Gasteiger partial charge in [-0.3, -0.25) is 0 Å². The van der Waals surface area contributed by atoms with E-state index in [2.05, 4.69) is 32.9 Å². The lowest BCUT2D eigenvalue weighted by atomic mass is 10.1. The van der Waals surface area contributed by atoms with Gasteiger partial charge in [0.2, 0.25) is 0 Å². The van der Waals surface area contributed by atoms with E-state index < -0.39 is 6.10 Å². The summed E-state index contributed by atoms with van der Waals surface area (Å²) in [6.07, 6.45) is 4.32. The molecule has 0 amide bonds. The van der Waals surface area contributed by atoms with E-state index in [-0.39, 0.29) is 0 Å².